The molecule has 6 atom stereocenters. The lowest BCUT2D eigenvalue weighted by Crippen LogP contribution is -2.45. The maximum Gasteiger partial charge on any atom is 0.407 e. The van der Waals surface area contributed by atoms with Crippen LogP contribution >= 0.6 is 0 Å². The van der Waals surface area contributed by atoms with E-state index in [0.717, 1.165) is 21.6 Å². The van der Waals surface area contributed by atoms with Crippen LogP contribution in [-0.2, 0) is 67.0 Å². The van der Waals surface area contributed by atoms with Gasteiger partial charge in [-0.1, -0.05) is 54.6 Å². The first kappa shape index (κ1) is 52.0. The smallest absolute Gasteiger partial charge is 0.407 e. The second-order valence-corrected chi connectivity index (χ2v) is 18.7. The first-order valence-electron chi connectivity index (χ1n) is 23.0. The van der Waals surface area contributed by atoms with Crippen LogP contribution in [0.25, 0.3) is 0 Å². The Morgan fingerprint density at radius 2 is 1.46 bits per heavy atom. The van der Waals surface area contributed by atoms with Crippen molar-refractivity contribution in [1.29, 1.82) is 0 Å². The Balaban J connectivity index is 1.19. The first-order valence-corrected chi connectivity index (χ1v) is 23.0. The van der Waals surface area contributed by atoms with Crippen molar-refractivity contribution in [2.45, 2.75) is 141 Å². The maximum atomic E-state index is 14.3. The Bertz CT molecular complexity index is 2090. The van der Waals surface area contributed by atoms with Crippen LogP contribution in [0.1, 0.15) is 96.3 Å². The monoisotopic (exact) mass is 930 g/mol. The summed E-state index contributed by atoms with van der Waals surface area (Å²) in [6.45, 7) is 9.76. The fourth-order valence-corrected chi connectivity index (χ4v) is 8.24. The first-order chi connectivity index (χ1) is 31.7. The number of alkyl carbamates (subject to hydrolysis) is 1. The predicted molar refractivity (Wildman–Crippen MR) is 245 cm³/mol. The highest BCUT2D eigenvalue weighted by molar-refractivity contribution is 6.12. The quantitative estimate of drug-likeness (QED) is 0.0709. The summed E-state index contributed by atoms with van der Waals surface area (Å²) in [6.07, 6.45) is 1.53. The van der Waals surface area contributed by atoms with Crippen molar-refractivity contribution in [3.8, 4) is 0 Å². The van der Waals surface area contributed by atoms with Crippen LogP contribution in [0.5, 0.6) is 0 Å². The van der Waals surface area contributed by atoms with Crippen LogP contribution in [0.3, 0.4) is 0 Å². The van der Waals surface area contributed by atoms with Crippen molar-refractivity contribution in [2.75, 3.05) is 26.2 Å². The minimum absolute atomic E-state index is 0.00944. The topological polar surface area (TPSA) is 251 Å². The van der Waals surface area contributed by atoms with Crippen LogP contribution in [0.15, 0.2) is 66.7 Å². The third kappa shape index (κ3) is 17.0. The number of Topliss-reactive ketones (excluding diaryl/α,β-unsaturated/α-hetero) is 2. The molecule has 2 saturated heterocycles. The van der Waals surface area contributed by atoms with E-state index in [1.54, 1.807) is 34.6 Å². The maximum absolute atomic E-state index is 14.3. The summed E-state index contributed by atoms with van der Waals surface area (Å²) in [5.74, 6) is -3.81. The van der Waals surface area contributed by atoms with Crippen molar-refractivity contribution in [3.63, 3.8) is 0 Å². The van der Waals surface area contributed by atoms with Crippen molar-refractivity contribution < 1.29 is 57.3 Å². The molecule has 0 saturated carbocycles. The van der Waals surface area contributed by atoms with Gasteiger partial charge in [0.15, 0.2) is 11.6 Å². The number of nitrogens with zero attached hydrogens (tertiary/aromatic N) is 1. The van der Waals surface area contributed by atoms with E-state index in [2.05, 4.69) is 21.3 Å². The molecule has 2 aromatic carbocycles. The largest absolute Gasteiger partial charge is 0.444 e. The van der Waals surface area contributed by atoms with E-state index in [-0.39, 0.29) is 87.4 Å². The van der Waals surface area contributed by atoms with Crippen LogP contribution in [-0.4, -0.2) is 120 Å². The second-order valence-electron chi connectivity index (χ2n) is 18.7. The average molecular weight is 931 g/mol. The molecule has 67 heavy (non-hydrogen) atoms. The van der Waals surface area contributed by atoms with E-state index < -0.39 is 65.8 Å². The van der Waals surface area contributed by atoms with Crippen molar-refractivity contribution >= 4 is 47.3 Å². The van der Waals surface area contributed by atoms with E-state index in [9.17, 15) is 38.4 Å². The molecule has 18 nitrogen and oxygen atoms in total. The molecule has 0 bridgehead atoms. The fourth-order valence-electron chi connectivity index (χ4n) is 8.24. The van der Waals surface area contributed by atoms with Gasteiger partial charge in [0, 0.05) is 69.9 Å². The summed E-state index contributed by atoms with van der Waals surface area (Å²) in [7, 11) is 0. The van der Waals surface area contributed by atoms with Crippen LogP contribution < -0.4 is 27.0 Å². The normalized spacial score (nSPS) is 20.5. The van der Waals surface area contributed by atoms with E-state index in [0.29, 0.717) is 32.2 Å². The standard InChI is InChI=1S/C49H66N6O12/c1-48(2,3)67-47(63)52-24-22-31-16-18-33(19-17-31)27-37(57)36(14-11-23-51-46(50)62)54-45(61)34(26-32-12-7-6-8-13-32)28-35(56)29-38-43-44(66-49(4,5)65-43)39(64-38)30-53-40(58)15-9-10-25-55-41(59)20-21-42(55)60/h6-8,12-13,16-21,34,36,38-39,43-44H,9-11,14-15,22-30H2,1-5H3,(H,52,63)(H,53,58)(H,54,61)(H3,50,51,62)/t34-,36?,38-,39+,43?,44?/m0/s1. The molecule has 0 radical (unpaired) electrons. The number of imide groups is 1. The van der Waals surface area contributed by atoms with Crippen molar-refractivity contribution in [3.05, 3.63) is 83.4 Å². The molecule has 6 N–H and O–H groups in total. The Morgan fingerprint density at radius 1 is 0.806 bits per heavy atom. The Hall–Kier alpha value is -5.98. The zero-order chi connectivity index (χ0) is 48.7. The van der Waals surface area contributed by atoms with Gasteiger partial charge in [0.05, 0.1) is 12.1 Å². The lowest BCUT2D eigenvalue weighted by Gasteiger charge is -2.25. The molecule has 3 aliphatic heterocycles. The fraction of sp³-hybridized carbons (Fsp3) is 0.551. The number of nitrogens with one attached hydrogen (secondary N) is 4. The molecule has 2 fully saturated rings. The molecule has 0 aliphatic carbocycles. The number of fused-ring (bicyclic) bond motifs is 1. The zero-order valence-corrected chi connectivity index (χ0v) is 39.1. The summed E-state index contributed by atoms with van der Waals surface area (Å²) in [5.41, 5.74) is 7.14. The highest BCUT2D eigenvalue weighted by Gasteiger charge is 2.55. The van der Waals surface area contributed by atoms with Gasteiger partial charge in [-0.2, -0.15) is 0 Å². The summed E-state index contributed by atoms with van der Waals surface area (Å²) in [6, 6.07) is 15.0. The van der Waals surface area contributed by atoms with Gasteiger partial charge in [-0.15, -0.1) is 0 Å². The molecule has 0 aromatic heterocycles. The lowest BCUT2D eigenvalue weighted by molar-refractivity contribution is -0.187. The third-order valence-corrected chi connectivity index (χ3v) is 11.4. The number of hydrogen-bond donors (Lipinski definition) is 5. The zero-order valence-electron chi connectivity index (χ0n) is 39.1. The van der Waals surface area contributed by atoms with Gasteiger partial charge in [0.25, 0.3) is 11.8 Å². The molecule has 7 amide bonds. The van der Waals surface area contributed by atoms with E-state index in [4.69, 9.17) is 24.7 Å². The number of hydrogen-bond acceptors (Lipinski definition) is 12. The molecule has 2 aromatic rings. The van der Waals surface area contributed by atoms with Gasteiger partial charge in [-0.25, -0.2) is 9.59 Å². The summed E-state index contributed by atoms with van der Waals surface area (Å²) < 4.78 is 24.0. The Morgan fingerprint density at radius 3 is 2.12 bits per heavy atom. The number of ether oxygens (including phenoxy) is 4. The SMILES string of the molecule is CC(C)(C)OC(=O)NCCc1ccc(CC(=O)C(CCCNC(N)=O)NC(=O)[C@H](CC(=O)C[C@@H]2O[C@H](CNC(=O)CCCCN3C(=O)C=CC3=O)C3OC(C)(C)OC32)Cc2ccccc2)cc1. The molecule has 3 aliphatic rings. The highest BCUT2D eigenvalue weighted by atomic mass is 16.8. The van der Waals surface area contributed by atoms with Gasteiger partial charge >= 0.3 is 12.1 Å². The number of ketones is 2. The number of amides is 7. The van der Waals surface area contributed by atoms with Gasteiger partial charge in [0.1, 0.15) is 29.7 Å². The summed E-state index contributed by atoms with van der Waals surface area (Å²) in [4.78, 5) is 103. The number of nitrogens with two attached hydrogens (primary N) is 1. The molecule has 3 heterocycles. The number of carbonyl (C=O) groups excluding carboxylic acids is 8. The minimum atomic E-state index is -0.977. The molecular formula is C49H66N6O12. The molecule has 3 unspecified atom stereocenters. The number of primary amides is 1. The Kier molecular flexibility index (Phi) is 18.8. The van der Waals surface area contributed by atoms with Crippen molar-refractivity contribution in [2.24, 2.45) is 11.7 Å². The summed E-state index contributed by atoms with van der Waals surface area (Å²) in [5, 5.41) is 11.1. The molecular weight excluding hydrogens is 865 g/mol. The van der Waals surface area contributed by atoms with Crippen molar-refractivity contribution in [1.82, 2.24) is 26.2 Å². The van der Waals surface area contributed by atoms with Gasteiger partial charge in [-0.05, 0) is 89.8 Å². The number of rotatable bonds is 25. The summed E-state index contributed by atoms with van der Waals surface area (Å²) >= 11 is 0. The second kappa shape index (κ2) is 24.2. The van der Waals surface area contributed by atoms with E-state index in [1.807, 2.05) is 54.6 Å². The predicted octanol–water partition coefficient (Wildman–Crippen LogP) is 3.51. The third-order valence-electron chi connectivity index (χ3n) is 11.4. The number of carbonyl (C=O) groups is 8. The number of unbranched alkanes of at least 4 members (excludes halogenated alkanes) is 1. The van der Waals surface area contributed by atoms with E-state index >= 15 is 0 Å². The Labute approximate surface area is 391 Å². The molecule has 0 spiro atoms. The van der Waals surface area contributed by atoms with Crippen LogP contribution in [0, 0.1) is 5.92 Å². The molecule has 5 rings (SSSR count). The number of urea groups is 1. The molecule has 18 heteroatoms. The van der Waals surface area contributed by atoms with Crippen LogP contribution in [0.2, 0.25) is 0 Å². The van der Waals surface area contributed by atoms with Gasteiger partial charge in [0.2, 0.25) is 11.8 Å². The van der Waals surface area contributed by atoms with Gasteiger partial charge < -0.3 is 45.9 Å². The highest BCUT2D eigenvalue weighted by Crippen LogP contribution is 2.40. The van der Waals surface area contributed by atoms with E-state index in [1.165, 1.54) is 12.2 Å². The number of benzene rings is 2. The minimum Gasteiger partial charge on any atom is -0.444 e. The molecule has 364 valence electrons. The van der Waals surface area contributed by atoms with Gasteiger partial charge in [-0.3, -0.25) is 33.7 Å². The lowest BCUT2D eigenvalue weighted by atomic mass is 9.90. The van der Waals surface area contributed by atoms with Crippen LogP contribution in [0.4, 0.5) is 9.59 Å². The average Bonchev–Trinajstić information content (AvgIpc) is 3.87.